The number of hydrogen-bond donors (Lipinski definition) is 1. The Kier molecular flexibility index (Phi) is 3.74. The Bertz CT molecular complexity index is 771. The van der Waals surface area contributed by atoms with Crippen LogP contribution in [0.25, 0.3) is 11.6 Å². The van der Waals surface area contributed by atoms with Crippen molar-refractivity contribution in [1.29, 1.82) is 0 Å². The fourth-order valence-corrected chi connectivity index (χ4v) is 2.50. The van der Waals surface area contributed by atoms with E-state index in [2.05, 4.69) is 12.6 Å². The maximum absolute atomic E-state index is 13.4. The average Bonchev–Trinajstić information content (AvgIpc) is 2.48. The molecule has 1 heterocycles. The van der Waals surface area contributed by atoms with Crippen molar-refractivity contribution >= 4 is 41.0 Å². The van der Waals surface area contributed by atoms with Crippen LogP contribution in [-0.2, 0) is 0 Å². The van der Waals surface area contributed by atoms with Crippen LogP contribution in [0, 0.1) is 5.82 Å². The van der Waals surface area contributed by atoms with E-state index in [1.807, 2.05) is 12.1 Å². The number of rotatable bonds is 2. The van der Waals surface area contributed by atoms with E-state index in [9.17, 15) is 9.18 Å². The predicted octanol–water partition coefficient (Wildman–Crippen LogP) is 4.48. The lowest BCUT2D eigenvalue weighted by atomic mass is 9.99. The topological polar surface area (TPSA) is 26.3 Å². The van der Waals surface area contributed by atoms with Crippen LogP contribution in [-0.4, -0.2) is 11.7 Å². The van der Waals surface area contributed by atoms with E-state index in [1.54, 1.807) is 18.2 Å². The fraction of sp³-hybridized carbons (Fsp3) is 0.0625. The molecule has 2 aromatic rings. The second-order valence-electron chi connectivity index (χ2n) is 4.65. The van der Waals surface area contributed by atoms with Gasteiger partial charge in [0.1, 0.15) is 18.2 Å². The van der Waals surface area contributed by atoms with Gasteiger partial charge in [-0.3, -0.25) is 4.79 Å². The van der Waals surface area contributed by atoms with Crippen molar-refractivity contribution in [1.82, 2.24) is 0 Å². The molecule has 0 unspecified atom stereocenters. The monoisotopic (exact) mass is 320 g/mol. The molecular formula is C16H10ClFO2S. The lowest BCUT2D eigenvalue weighted by Crippen LogP contribution is -2.07. The highest BCUT2D eigenvalue weighted by Crippen LogP contribution is 2.34. The molecule has 0 fully saturated rings. The number of carbonyl (C=O) groups is 1. The third-order valence-corrected chi connectivity index (χ3v) is 3.79. The molecule has 0 aromatic heterocycles. The molecule has 3 rings (SSSR count). The van der Waals surface area contributed by atoms with Crippen LogP contribution in [0.4, 0.5) is 4.39 Å². The van der Waals surface area contributed by atoms with E-state index in [1.165, 1.54) is 12.1 Å². The van der Waals surface area contributed by atoms with Crippen LogP contribution in [0.1, 0.15) is 21.5 Å². The molecule has 0 bridgehead atoms. The van der Waals surface area contributed by atoms with Crippen LogP contribution in [0.2, 0.25) is 5.02 Å². The van der Waals surface area contributed by atoms with Gasteiger partial charge in [0.25, 0.3) is 0 Å². The van der Waals surface area contributed by atoms with Gasteiger partial charge in [-0.1, -0.05) is 29.8 Å². The molecule has 1 aliphatic heterocycles. The number of fused-ring (bicyclic) bond motifs is 1. The van der Waals surface area contributed by atoms with Gasteiger partial charge in [-0.25, -0.2) is 4.39 Å². The zero-order chi connectivity index (χ0) is 15.0. The maximum atomic E-state index is 13.4. The smallest absolute Gasteiger partial charge is 0.216 e. The summed E-state index contributed by atoms with van der Waals surface area (Å²) in [5.41, 5.74) is 2.98. The number of ether oxygens (including phenoxy) is 1. The Morgan fingerprint density at radius 2 is 2.10 bits per heavy atom. The summed E-state index contributed by atoms with van der Waals surface area (Å²) in [5.74, 6) is -0.0444. The van der Waals surface area contributed by atoms with Crippen LogP contribution >= 0.6 is 24.2 Å². The van der Waals surface area contributed by atoms with Crippen molar-refractivity contribution in [2.45, 2.75) is 0 Å². The van der Waals surface area contributed by atoms with Crippen molar-refractivity contribution in [2.75, 3.05) is 6.61 Å². The van der Waals surface area contributed by atoms with E-state index < -0.39 is 5.82 Å². The first kappa shape index (κ1) is 14.2. The Labute approximate surface area is 131 Å². The van der Waals surface area contributed by atoms with Crippen LogP contribution < -0.4 is 4.74 Å². The SMILES string of the molecule is O=C(S)c1cccc(C2=Cc3cc(Cl)c(F)cc3OC2)c1. The second kappa shape index (κ2) is 5.54. The molecule has 21 heavy (non-hydrogen) atoms. The van der Waals surface area contributed by atoms with Gasteiger partial charge in [0.05, 0.1) is 5.02 Å². The molecule has 0 aliphatic carbocycles. The molecule has 0 radical (unpaired) electrons. The van der Waals surface area contributed by atoms with Crippen molar-refractivity contribution in [3.05, 3.63) is 63.9 Å². The van der Waals surface area contributed by atoms with Gasteiger partial charge >= 0.3 is 0 Å². The number of benzene rings is 2. The molecule has 0 spiro atoms. The van der Waals surface area contributed by atoms with E-state index in [4.69, 9.17) is 16.3 Å². The summed E-state index contributed by atoms with van der Waals surface area (Å²) < 4.78 is 18.9. The van der Waals surface area contributed by atoms with Gasteiger partial charge in [-0.15, -0.1) is 12.6 Å². The lowest BCUT2D eigenvalue weighted by molar-refractivity contribution is 0.109. The highest BCUT2D eigenvalue weighted by molar-refractivity contribution is 7.97. The van der Waals surface area contributed by atoms with Gasteiger partial charge < -0.3 is 4.74 Å². The molecule has 2 aromatic carbocycles. The summed E-state index contributed by atoms with van der Waals surface area (Å²) in [7, 11) is 0. The zero-order valence-electron chi connectivity index (χ0n) is 10.8. The van der Waals surface area contributed by atoms with Crippen LogP contribution in [0.3, 0.4) is 0 Å². The summed E-state index contributed by atoms with van der Waals surface area (Å²) in [4.78, 5) is 11.3. The quantitative estimate of drug-likeness (QED) is 0.826. The van der Waals surface area contributed by atoms with Crippen LogP contribution in [0.5, 0.6) is 5.75 Å². The summed E-state index contributed by atoms with van der Waals surface area (Å²) in [6.07, 6.45) is 1.88. The molecule has 0 saturated carbocycles. The normalized spacial score (nSPS) is 13.2. The van der Waals surface area contributed by atoms with Crippen molar-refractivity contribution < 1.29 is 13.9 Å². The summed E-state index contributed by atoms with van der Waals surface area (Å²) in [6, 6.07) is 9.92. The number of hydrogen-bond acceptors (Lipinski definition) is 2. The van der Waals surface area contributed by atoms with E-state index in [-0.39, 0.29) is 10.1 Å². The van der Waals surface area contributed by atoms with Gasteiger partial charge in [0, 0.05) is 17.2 Å². The Morgan fingerprint density at radius 1 is 1.29 bits per heavy atom. The first-order valence-corrected chi connectivity index (χ1v) is 7.03. The van der Waals surface area contributed by atoms with Crippen molar-refractivity contribution in [3.63, 3.8) is 0 Å². The molecule has 2 nitrogen and oxygen atoms in total. The predicted molar refractivity (Wildman–Crippen MR) is 84.5 cm³/mol. The summed E-state index contributed by atoms with van der Waals surface area (Å²) >= 11 is 9.61. The van der Waals surface area contributed by atoms with Crippen LogP contribution in [0.15, 0.2) is 36.4 Å². The molecular weight excluding hydrogens is 311 g/mol. The van der Waals surface area contributed by atoms with E-state index >= 15 is 0 Å². The summed E-state index contributed by atoms with van der Waals surface area (Å²) in [5, 5.41) is -0.242. The third-order valence-electron chi connectivity index (χ3n) is 3.25. The Balaban J connectivity index is 2.04. The number of carbonyl (C=O) groups excluding carboxylic acids is 1. The second-order valence-corrected chi connectivity index (χ2v) is 5.46. The zero-order valence-corrected chi connectivity index (χ0v) is 12.4. The fourth-order valence-electron chi connectivity index (χ4n) is 2.19. The van der Waals surface area contributed by atoms with Crippen molar-refractivity contribution in [3.8, 4) is 5.75 Å². The van der Waals surface area contributed by atoms with E-state index in [0.29, 0.717) is 23.5 Å². The molecule has 0 atom stereocenters. The molecule has 1 aliphatic rings. The Hall–Kier alpha value is -1.78. The van der Waals surface area contributed by atoms with Gasteiger partial charge in [-0.2, -0.15) is 0 Å². The molecule has 5 heteroatoms. The molecule has 0 amide bonds. The molecule has 0 saturated heterocycles. The minimum absolute atomic E-state index is 0.0501. The first-order valence-electron chi connectivity index (χ1n) is 6.21. The van der Waals surface area contributed by atoms with Gasteiger partial charge in [0.15, 0.2) is 0 Å². The third kappa shape index (κ3) is 2.82. The van der Waals surface area contributed by atoms with Gasteiger partial charge in [0.2, 0.25) is 5.12 Å². The average molecular weight is 321 g/mol. The first-order chi connectivity index (χ1) is 10.0. The number of halogens is 2. The van der Waals surface area contributed by atoms with E-state index in [0.717, 1.165) is 11.1 Å². The van der Waals surface area contributed by atoms with Crippen molar-refractivity contribution in [2.24, 2.45) is 0 Å². The minimum Gasteiger partial charge on any atom is -0.488 e. The molecule has 106 valence electrons. The highest BCUT2D eigenvalue weighted by Gasteiger charge is 2.16. The molecule has 0 N–H and O–H groups in total. The largest absolute Gasteiger partial charge is 0.488 e. The maximum Gasteiger partial charge on any atom is 0.216 e. The van der Waals surface area contributed by atoms with Gasteiger partial charge in [-0.05, 0) is 29.3 Å². The summed E-state index contributed by atoms with van der Waals surface area (Å²) in [6.45, 7) is 0.304. The highest BCUT2D eigenvalue weighted by atomic mass is 35.5. The number of thiol groups is 1. The Morgan fingerprint density at radius 3 is 2.86 bits per heavy atom. The standard InChI is InChI=1S/C16H10ClFO2S/c17-13-6-11-5-12(8-20-15(11)7-14(13)18)9-2-1-3-10(4-9)16(19)21/h1-7H,8H2,(H,19,21). The lowest BCUT2D eigenvalue weighted by Gasteiger charge is -2.19. The minimum atomic E-state index is -0.505.